The zero-order chi connectivity index (χ0) is 6.97. The van der Waals surface area contributed by atoms with Crippen LogP contribution in [0.5, 0.6) is 0 Å². The predicted octanol–water partition coefficient (Wildman–Crippen LogP) is 0.794. The Balaban J connectivity index is 1.78. The lowest BCUT2D eigenvalue weighted by Crippen LogP contribution is -2.34. The number of aliphatic hydroxyl groups excluding tert-OH is 1. The molecule has 1 aliphatic carbocycles. The largest absolute Gasteiger partial charge is 0.393 e. The van der Waals surface area contributed by atoms with Gasteiger partial charge in [-0.15, -0.1) is 0 Å². The second-order valence-electron chi connectivity index (χ2n) is 3.51. The van der Waals surface area contributed by atoms with Crippen LogP contribution in [0.3, 0.4) is 0 Å². The Morgan fingerprint density at radius 1 is 1.20 bits per heavy atom. The molecule has 2 nitrogen and oxygen atoms in total. The average Bonchev–Trinajstić information content (AvgIpc) is 2.31. The monoisotopic (exact) mass is 142 g/mol. The van der Waals surface area contributed by atoms with Crippen LogP contribution in [0.1, 0.15) is 19.3 Å². The lowest BCUT2D eigenvalue weighted by molar-refractivity contribution is 0.0115. The van der Waals surface area contributed by atoms with Crippen molar-refractivity contribution in [3.63, 3.8) is 0 Å². The van der Waals surface area contributed by atoms with E-state index >= 15 is 0 Å². The van der Waals surface area contributed by atoms with Crippen molar-refractivity contribution in [3.8, 4) is 0 Å². The van der Waals surface area contributed by atoms with Gasteiger partial charge in [-0.2, -0.15) is 0 Å². The second kappa shape index (κ2) is 2.51. The van der Waals surface area contributed by atoms with Gasteiger partial charge in [0.15, 0.2) is 0 Å². The van der Waals surface area contributed by atoms with E-state index in [1.807, 2.05) is 0 Å². The van der Waals surface area contributed by atoms with E-state index in [1.54, 1.807) is 0 Å². The zero-order valence-corrected chi connectivity index (χ0v) is 6.12. The summed E-state index contributed by atoms with van der Waals surface area (Å²) in [7, 11) is 0. The maximum Gasteiger partial charge on any atom is 0.0545 e. The molecular weight excluding hydrogens is 128 g/mol. The quantitative estimate of drug-likeness (QED) is 0.586. The molecule has 10 heavy (non-hydrogen) atoms. The lowest BCUT2D eigenvalue weighted by Gasteiger charge is -2.35. The van der Waals surface area contributed by atoms with Gasteiger partial charge in [0.2, 0.25) is 0 Å². The molecule has 1 unspecified atom stereocenters. The predicted molar refractivity (Wildman–Crippen MR) is 37.7 cm³/mol. The Kier molecular flexibility index (Phi) is 1.66. The van der Waals surface area contributed by atoms with E-state index in [1.165, 1.54) is 6.42 Å². The molecule has 58 valence electrons. The van der Waals surface area contributed by atoms with Gasteiger partial charge < -0.3 is 9.84 Å². The van der Waals surface area contributed by atoms with Crippen molar-refractivity contribution in [2.75, 3.05) is 13.2 Å². The van der Waals surface area contributed by atoms with Gasteiger partial charge in [0.1, 0.15) is 0 Å². The molecule has 1 aliphatic heterocycles. The van der Waals surface area contributed by atoms with Gasteiger partial charge >= 0.3 is 0 Å². The molecule has 0 bridgehead atoms. The summed E-state index contributed by atoms with van der Waals surface area (Å²) in [4.78, 5) is 0. The fraction of sp³-hybridized carbons (Fsp3) is 1.00. The molecule has 0 radical (unpaired) electrons. The molecule has 1 saturated carbocycles. The lowest BCUT2D eigenvalue weighted by atomic mass is 9.73. The van der Waals surface area contributed by atoms with Crippen LogP contribution in [0, 0.1) is 11.8 Å². The number of ether oxygens (including phenoxy) is 1. The first kappa shape index (κ1) is 6.62. The van der Waals surface area contributed by atoms with Crippen LogP contribution in [0.2, 0.25) is 0 Å². The number of hydrogen-bond donors (Lipinski definition) is 1. The fourth-order valence-electron chi connectivity index (χ4n) is 1.94. The molecule has 0 spiro atoms. The molecule has 0 aromatic heterocycles. The molecule has 1 N–H and O–H groups in total. The smallest absolute Gasteiger partial charge is 0.0545 e. The van der Waals surface area contributed by atoms with E-state index in [0.29, 0.717) is 0 Å². The van der Waals surface area contributed by atoms with Gasteiger partial charge in [0.05, 0.1) is 6.10 Å². The first-order valence-corrected chi connectivity index (χ1v) is 4.12. The highest BCUT2D eigenvalue weighted by molar-refractivity contribution is 4.85. The normalized spacial score (nSPS) is 47.1. The molecule has 0 aromatic rings. The second-order valence-corrected chi connectivity index (χ2v) is 3.51. The Labute approximate surface area is 61.2 Å². The summed E-state index contributed by atoms with van der Waals surface area (Å²) in [6.07, 6.45) is 3.27. The van der Waals surface area contributed by atoms with Crippen LogP contribution < -0.4 is 0 Å². The van der Waals surface area contributed by atoms with Crippen molar-refractivity contribution >= 4 is 0 Å². The van der Waals surface area contributed by atoms with Crippen molar-refractivity contribution in [1.29, 1.82) is 0 Å². The molecule has 2 heteroatoms. The minimum atomic E-state index is 0.00519. The van der Waals surface area contributed by atoms with Gasteiger partial charge in [-0.25, -0.2) is 0 Å². The summed E-state index contributed by atoms with van der Waals surface area (Å²) >= 11 is 0. The minimum Gasteiger partial charge on any atom is -0.393 e. The van der Waals surface area contributed by atoms with Crippen LogP contribution in [-0.4, -0.2) is 24.4 Å². The summed E-state index contributed by atoms with van der Waals surface area (Å²) in [6, 6.07) is 0. The molecule has 2 fully saturated rings. The Morgan fingerprint density at radius 3 is 2.50 bits per heavy atom. The Morgan fingerprint density at radius 2 is 2.00 bits per heavy atom. The van der Waals surface area contributed by atoms with Gasteiger partial charge in [0.25, 0.3) is 0 Å². The molecule has 1 saturated heterocycles. The summed E-state index contributed by atoms with van der Waals surface area (Å²) < 4.78 is 5.27. The van der Waals surface area contributed by atoms with E-state index in [0.717, 1.165) is 37.9 Å². The SMILES string of the molecule is OC1CC(C2CCOC2)C1. The maximum absolute atomic E-state index is 9.04. The van der Waals surface area contributed by atoms with E-state index in [-0.39, 0.29) is 6.10 Å². The van der Waals surface area contributed by atoms with Crippen molar-refractivity contribution in [2.24, 2.45) is 11.8 Å². The van der Waals surface area contributed by atoms with Crippen LogP contribution >= 0.6 is 0 Å². The van der Waals surface area contributed by atoms with E-state index < -0.39 is 0 Å². The topological polar surface area (TPSA) is 29.5 Å². The highest BCUT2D eigenvalue weighted by Crippen LogP contribution is 2.37. The molecular formula is C8H14O2. The van der Waals surface area contributed by atoms with Crippen molar-refractivity contribution < 1.29 is 9.84 Å². The molecule has 0 aromatic carbocycles. The molecule has 1 heterocycles. The standard InChI is InChI=1S/C8H14O2/c9-8-3-7(4-8)6-1-2-10-5-6/h6-9H,1-5H2. The van der Waals surface area contributed by atoms with Gasteiger partial charge in [0, 0.05) is 13.2 Å². The molecule has 1 atom stereocenters. The Bertz CT molecular complexity index is 112. The van der Waals surface area contributed by atoms with Crippen LogP contribution in [0.4, 0.5) is 0 Å². The van der Waals surface area contributed by atoms with Crippen LogP contribution in [0.25, 0.3) is 0 Å². The molecule has 0 amide bonds. The van der Waals surface area contributed by atoms with Crippen LogP contribution in [0.15, 0.2) is 0 Å². The summed E-state index contributed by atoms with van der Waals surface area (Å²) in [6.45, 7) is 1.88. The highest BCUT2D eigenvalue weighted by atomic mass is 16.5. The minimum absolute atomic E-state index is 0.00519. The summed E-state index contributed by atoms with van der Waals surface area (Å²) in [5.74, 6) is 1.54. The van der Waals surface area contributed by atoms with E-state index in [9.17, 15) is 0 Å². The third kappa shape index (κ3) is 1.06. The number of rotatable bonds is 1. The van der Waals surface area contributed by atoms with Crippen molar-refractivity contribution in [2.45, 2.75) is 25.4 Å². The molecule has 2 rings (SSSR count). The third-order valence-electron chi connectivity index (χ3n) is 2.78. The first-order valence-electron chi connectivity index (χ1n) is 4.12. The zero-order valence-electron chi connectivity index (χ0n) is 6.12. The summed E-state index contributed by atoms with van der Waals surface area (Å²) in [5, 5.41) is 9.04. The Hall–Kier alpha value is -0.0800. The summed E-state index contributed by atoms with van der Waals surface area (Å²) in [5.41, 5.74) is 0. The van der Waals surface area contributed by atoms with E-state index in [4.69, 9.17) is 9.84 Å². The number of aliphatic hydroxyl groups is 1. The highest BCUT2D eigenvalue weighted by Gasteiger charge is 2.35. The van der Waals surface area contributed by atoms with Gasteiger partial charge in [-0.1, -0.05) is 0 Å². The maximum atomic E-state index is 9.04. The number of hydrogen-bond acceptors (Lipinski definition) is 2. The fourth-order valence-corrected chi connectivity index (χ4v) is 1.94. The van der Waals surface area contributed by atoms with Crippen LogP contribution in [-0.2, 0) is 4.74 Å². The average molecular weight is 142 g/mol. The van der Waals surface area contributed by atoms with Gasteiger partial charge in [-0.3, -0.25) is 0 Å². The molecule has 2 aliphatic rings. The van der Waals surface area contributed by atoms with Gasteiger partial charge in [-0.05, 0) is 31.1 Å². The third-order valence-corrected chi connectivity index (χ3v) is 2.78. The van der Waals surface area contributed by atoms with Crippen molar-refractivity contribution in [3.05, 3.63) is 0 Å². The van der Waals surface area contributed by atoms with E-state index in [2.05, 4.69) is 0 Å². The first-order chi connectivity index (χ1) is 4.86. The van der Waals surface area contributed by atoms with Crippen molar-refractivity contribution in [1.82, 2.24) is 0 Å².